The summed E-state index contributed by atoms with van der Waals surface area (Å²) < 4.78 is 20.1. The lowest BCUT2D eigenvalue weighted by atomic mass is 10.1. The highest BCUT2D eigenvalue weighted by Gasteiger charge is 2.22. The van der Waals surface area contributed by atoms with E-state index in [1.54, 1.807) is 49.6 Å². The second kappa shape index (κ2) is 7.25. The molecule has 0 saturated carbocycles. The number of pyridine rings is 1. The van der Waals surface area contributed by atoms with Crippen molar-refractivity contribution < 1.29 is 13.9 Å². The number of hydrogen-bond acceptors (Lipinski definition) is 4. The van der Waals surface area contributed by atoms with E-state index >= 15 is 0 Å². The lowest BCUT2D eigenvalue weighted by molar-refractivity contribution is -0.134. The summed E-state index contributed by atoms with van der Waals surface area (Å²) in [5.74, 6) is -0.525. The number of esters is 1. The monoisotopic (exact) mass is 339 g/mol. The molecule has 3 rings (SSSR count). The molecule has 0 aliphatic carbocycles. The molecular formula is C19H18FN3O2. The number of carbonyl (C=O) groups is 1. The van der Waals surface area contributed by atoms with Gasteiger partial charge in [0.2, 0.25) is 0 Å². The first kappa shape index (κ1) is 16.8. The standard InChI is InChI=1S/C19H18FN3O2/c1-3-5-15(24)25-19-17(13-8-10-21-11-9-13)22-23-18(19)14-7-4-6-12(2)16(14)20/h4,6-11H,3,5H2,1-2H3,(H,22,23). The number of rotatable bonds is 5. The Labute approximate surface area is 144 Å². The maximum absolute atomic E-state index is 14.6. The molecule has 0 aliphatic heterocycles. The molecule has 6 heteroatoms. The topological polar surface area (TPSA) is 67.9 Å². The van der Waals surface area contributed by atoms with E-state index < -0.39 is 0 Å². The number of aryl methyl sites for hydroxylation is 1. The molecule has 2 heterocycles. The van der Waals surface area contributed by atoms with Gasteiger partial charge in [-0.1, -0.05) is 19.1 Å². The van der Waals surface area contributed by atoms with Crippen molar-refractivity contribution in [2.75, 3.05) is 0 Å². The van der Waals surface area contributed by atoms with Gasteiger partial charge >= 0.3 is 5.97 Å². The van der Waals surface area contributed by atoms with Crippen LogP contribution in [0.25, 0.3) is 22.5 Å². The first-order valence-electron chi connectivity index (χ1n) is 8.06. The number of aromatic amines is 1. The Morgan fingerprint density at radius 1 is 1.24 bits per heavy atom. The molecule has 0 atom stereocenters. The molecule has 2 aromatic heterocycles. The number of halogens is 1. The van der Waals surface area contributed by atoms with Crippen LogP contribution in [0.5, 0.6) is 5.75 Å². The van der Waals surface area contributed by atoms with Crippen molar-refractivity contribution in [2.45, 2.75) is 26.7 Å². The molecule has 25 heavy (non-hydrogen) atoms. The minimum absolute atomic E-state index is 0.231. The smallest absolute Gasteiger partial charge is 0.311 e. The molecule has 5 nitrogen and oxygen atoms in total. The van der Waals surface area contributed by atoms with Crippen LogP contribution in [0.4, 0.5) is 4.39 Å². The molecule has 0 amide bonds. The molecule has 0 radical (unpaired) electrons. The summed E-state index contributed by atoms with van der Waals surface area (Å²) in [6.45, 7) is 3.57. The normalized spacial score (nSPS) is 10.7. The van der Waals surface area contributed by atoms with Crippen molar-refractivity contribution in [3.8, 4) is 28.3 Å². The van der Waals surface area contributed by atoms with E-state index in [2.05, 4.69) is 15.2 Å². The third-order valence-corrected chi connectivity index (χ3v) is 3.81. The zero-order valence-electron chi connectivity index (χ0n) is 14.0. The molecule has 0 unspecified atom stereocenters. The summed E-state index contributed by atoms with van der Waals surface area (Å²) >= 11 is 0. The van der Waals surface area contributed by atoms with Crippen molar-refractivity contribution in [3.63, 3.8) is 0 Å². The van der Waals surface area contributed by atoms with E-state index in [4.69, 9.17) is 4.74 Å². The second-order valence-electron chi connectivity index (χ2n) is 5.67. The van der Waals surface area contributed by atoms with Crippen molar-refractivity contribution >= 4 is 5.97 Å². The number of nitrogens with one attached hydrogen (secondary N) is 1. The van der Waals surface area contributed by atoms with E-state index in [1.165, 1.54) is 0 Å². The Hall–Kier alpha value is -3.02. The minimum atomic E-state index is -0.381. The van der Waals surface area contributed by atoms with Crippen LogP contribution in [0.3, 0.4) is 0 Å². The second-order valence-corrected chi connectivity index (χ2v) is 5.67. The van der Waals surface area contributed by atoms with Crippen molar-refractivity contribution in [3.05, 3.63) is 54.1 Å². The Balaban J connectivity index is 2.14. The van der Waals surface area contributed by atoms with Crippen molar-refractivity contribution in [2.24, 2.45) is 0 Å². The average Bonchev–Trinajstić information content (AvgIpc) is 3.01. The summed E-state index contributed by atoms with van der Waals surface area (Å²) in [5, 5.41) is 7.07. The van der Waals surface area contributed by atoms with E-state index in [0.29, 0.717) is 28.9 Å². The summed E-state index contributed by atoms with van der Waals surface area (Å²) in [7, 11) is 0. The van der Waals surface area contributed by atoms with E-state index in [-0.39, 0.29) is 24.0 Å². The quantitative estimate of drug-likeness (QED) is 0.704. The molecule has 0 aliphatic rings. The molecule has 1 aromatic carbocycles. The highest BCUT2D eigenvalue weighted by Crippen LogP contribution is 2.38. The molecule has 0 spiro atoms. The van der Waals surface area contributed by atoms with Crippen LogP contribution in [-0.2, 0) is 4.79 Å². The first-order valence-corrected chi connectivity index (χ1v) is 8.06. The Morgan fingerprint density at radius 3 is 2.72 bits per heavy atom. The number of nitrogens with zero attached hydrogens (tertiary/aromatic N) is 2. The summed E-state index contributed by atoms with van der Waals surface area (Å²) in [6.07, 6.45) is 4.18. The number of aromatic nitrogens is 3. The zero-order valence-corrected chi connectivity index (χ0v) is 14.0. The Bertz CT molecular complexity index is 891. The Morgan fingerprint density at radius 2 is 2.00 bits per heavy atom. The number of H-pyrrole nitrogens is 1. The Kier molecular flexibility index (Phi) is 4.88. The highest BCUT2D eigenvalue weighted by atomic mass is 19.1. The van der Waals surface area contributed by atoms with Crippen LogP contribution in [-0.4, -0.2) is 21.2 Å². The first-order chi connectivity index (χ1) is 12.1. The molecule has 128 valence electrons. The molecule has 1 N–H and O–H groups in total. The zero-order chi connectivity index (χ0) is 17.8. The van der Waals surface area contributed by atoms with Gasteiger partial charge < -0.3 is 4.74 Å². The largest absolute Gasteiger partial charge is 0.422 e. The van der Waals surface area contributed by atoms with Gasteiger partial charge in [0.05, 0.1) is 0 Å². The lowest BCUT2D eigenvalue weighted by Gasteiger charge is -2.09. The molecule has 3 aromatic rings. The van der Waals surface area contributed by atoms with Crippen LogP contribution in [0, 0.1) is 12.7 Å². The molecule has 0 fully saturated rings. The van der Waals surface area contributed by atoms with Gasteiger partial charge in [-0.15, -0.1) is 0 Å². The van der Waals surface area contributed by atoms with E-state index in [0.717, 1.165) is 5.56 Å². The van der Waals surface area contributed by atoms with E-state index in [9.17, 15) is 9.18 Å². The van der Waals surface area contributed by atoms with Gasteiger partial charge in [-0.25, -0.2) is 4.39 Å². The fourth-order valence-electron chi connectivity index (χ4n) is 2.53. The number of ether oxygens (including phenoxy) is 1. The van der Waals surface area contributed by atoms with Gasteiger partial charge in [-0.2, -0.15) is 5.10 Å². The predicted octanol–water partition coefficient (Wildman–Crippen LogP) is 4.29. The van der Waals surface area contributed by atoms with Crippen LogP contribution in [0.2, 0.25) is 0 Å². The summed E-state index contributed by atoms with van der Waals surface area (Å²) in [6, 6.07) is 8.57. The predicted molar refractivity (Wildman–Crippen MR) is 92.5 cm³/mol. The maximum Gasteiger partial charge on any atom is 0.311 e. The van der Waals surface area contributed by atoms with Gasteiger partial charge in [0.15, 0.2) is 5.75 Å². The van der Waals surface area contributed by atoms with Gasteiger partial charge in [0.25, 0.3) is 0 Å². The van der Waals surface area contributed by atoms with E-state index in [1.807, 2.05) is 6.92 Å². The fourth-order valence-corrected chi connectivity index (χ4v) is 2.53. The number of hydrogen-bond donors (Lipinski definition) is 1. The third kappa shape index (κ3) is 3.42. The van der Waals surface area contributed by atoms with Gasteiger partial charge in [-0.05, 0) is 37.1 Å². The summed E-state index contributed by atoms with van der Waals surface area (Å²) in [5.41, 5.74) is 2.33. The van der Waals surface area contributed by atoms with Gasteiger partial charge in [0.1, 0.15) is 17.2 Å². The highest BCUT2D eigenvalue weighted by molar-refractivity contribution is 5.83. The summed E-state index contributed by atoms with van der Waals surface area (Å²) in [4.78, 5) is 16.0. The lowest BCUT2D eigenvalue weighted by Crippen LogP contribution is -2.08. The van der Waals surface area contributed by atoms with Crippen molar-refractivity contribution in [1.29, 1.82) is 0 Å². The van der Waals surface area contributed by atoms with Gasteiger partial charge in [-0.3, -0.25) is 14.9 Å². The van der Waals surface area contributed by atoms with Crippen molar-refractivity contribution in [1.82, 2.24) is 15.2 Å². The van der Waals surface area contributed by atoms with Crippen LogP contribution >= 0.6 is 0 Å². The van der Waals surface area contributed by atoms with Crippen LogP contribution in [0.15, 0.2) is 42.7 Å². The molecule has 0 saturated heterocycles. The minimum Gasteiger partial charge on any atom is -0.422 e. The van der Waals surface area contributed by atoms with Crippen LogP contribution in [0.1, 0.15) is 25.3 Å². The SMILES string of the molecule is CCCC(=O)Oc1c(-c2ccncc2)n[nH]c1-c1cccc(C)c1F. The van der Waals surface area contributed by atoms with Crippen LogP contribution < -0.4 is 4.74 Å². The number of benzene rings is 1. The average molecular weight is 339 g/mol. The fraction of sp³-hybridized carbons (Fsp3) is 0.211. The molecular weight excluding hydrogens is 321 g/mol. The third-order valence-electron chi connectivity index (χ3n) is 3.81. The molecule has 0 bridgehead atoms. The number of carbonyl (C=O) groups excluding carboxylic acids is 1. The maximum atomic E-state index is 14.6. The van der Waals surface area contributed by atoms with Gasteiger partial charge in [0, 0.05) is 29.9 Å².